The lowest BCUT2D eigenvalue weighted by Gasteiger charge is -2.33. The third-order valence-corrected chi connectivity index (χ3v) is 3.45. The van der Waals surface area contributed by atoms with Crippen molar-refractivity contribution in [3.63, 3.8) is 0 Å². The zero-order valence-corrected chi connectivity index (χ0v) is 11.7. The number of amides is 1. The van der Waals surface area contributed by atoms with Crippen molar-refractivity contribution in [2.75, 3.05) is 11.4 Å². The van der Waals surface area contributed by atoms with Crippen LogP contribution in [-0.2, 0) is 11.3 Å². The molecule has 3 rings (SSSR count). The van der Waals surface area contributed by atoms with Crippen LogP contribution in [-0.4, -0.2) is 28.3 Å². The summed E-state index contributed by atoms with van der Waals surface area (Å²) in [5, 5.41) is 4.57. The van der Waals surface area contributed by atoms with E-state index in [1.807, 2.05) is 19.1 Å². The summed E-state index contributed by atoms with van der Waals surface area (Å²) < 4.78 is 7.33. The number of fused-ring (bicyclic) bond motifs is 1. The Hall–Kier alpha value is -2.01. The largest absolute Gasteiger partial charge is 0.485 e. The molecule has 5 nitrogen and oxygen atoms in total. The summed E-state index contributed by atoms with van der Waals surface area (Å²) in [5.41, 5.74) is 0.716. The topological polar surface area (TPSA) is 47.4 Å². The molecule has 0 saturated heterocycles. The fraction of sp³-hybridized carbons (Fsp3) is 0.286. The van der Waals surface area contributed by atoms with Crippen LogP contribution in [0.25, 0.3) is 0 Å². The van der Waals surface area contributed by atoms with Crippen molar-refractivity contribution in [2.45, 2.75) is 19.6 Å². The molecule has 1 atom stereocenters. The summed E-state index contributed by atoms with van der Waals surface area (Å²) in [6.07, 6.45) is 3.32. The molecule has 1 aromatic heterocycles. The minimum Gasteiger partial charge on any atom is -0.485 e. The number of nitrogens with zero attached hydrogens (tertiary/aromatic N) is 3. The molecular formula is C14H14ClN3O2. The van der Waals surface area contributed by atoms with Gasteiger partial charge in [0.2, 0.25) is 5.91 Å². The molecule has 0 spiro atoms. The van der Waals surface area contributed by atoms with Crippen LogP contribution in [0.3, 0.4) is 0 Å². The molecule has 1 aliphatic rings. The van der Waals surface area contributed by atoms with E-state index in [9.17, 15) is 4.79 Å². The van der Waals surface area contributed by atoms with Gasteiger partial charge in [-0.25, -0.2) is 0 Å². The smallest absolute Gasteiger partial charge is 0.248 e. The quantitative estimate of drug-likeness (QED) is 0.853. The number of aromatic nitrogens is 2. The van der Waals surface area contributed by atoms with Crippen molar-refractivity contribution in [3.8, 4) is 5.75 Å². The predicted molar refractivity (Wildman–Crippen MR) is 76.1 cm³/mol. The van der Waals surface area contributed by atoms with Crippen LogP contribution in [0.5, 0.6) is 5.75 Å². The molecule has 2 aromatic rings. The first-order chi connectivity index (χ1) is 9.65. The van der Waals surface area contributed by atoms with E-state index < -0.39 is 0 Å². The molecule has 0 bridgehead atoms. The van der Waals surface area contributed by atoms with E-state index in [2.05, 4.69) is 5.10 Å². The lowest BCUT2D eigenvalue weighted by atomic mass is 10.2. The lowest BCUT2D eigenvalue weighted by Crippen LogP contribution is -2.43. The van der Waals surface area contributed by atoms with Gasteiger partial charge in [0.1, 0.15) is 12.6 Å². The van der Waals surface area contributed by atoms with E-state index in [4.69, 9.17) is 16.3 Å². The molecule has 104 valence electrons. The van der Waals surface area contributed by atoms with Gasteiger partial charge >= 0.3 is 0 Å². The van der Waals surface area contributed by atoms with Crippen molar-refractivity contribution < 1.29 is 9.53 Å². The number of para-hydroxylation sites is 1. The van der Waals surface area contributed by atoms with Crippen molar-refractivity contribution in [2.24, 2.45) is 0 Å². The maximum Gasteiger partial charge on any atom is 0.248 e. The molecule has 1 aromatic carbocycles. The van der Waals surface area contributed by atoms with Gasteiger partial charge in [0.25, 0.3) is 0 Å². The molecule has 0 aliphatic carbocycles. The molecule has 20 heavy (non-hydrogen) atoms. The van der Waals surface area contributed by atoms with Gasteiger partial charge < -0.3 is 9.64 Å². The third kappa shape index (κ3) is 2.36. The predicted octanol–water partition coefficient (Wildman–Crippen LogP) is 2.35. The van der Waals surface area contributed by atoms with Crippen molar-refractivity contribution in [1.82, 2.24) is 9.78 Å². The Labute approximate surface area is 121 Å². The second-order valence-corrected chi connectivity index (χ2v) is 5.13. The zero-order chi connectivity index (χ0) is 14.1. The van der Waals surface area contributed by atoms with E-state index in [0.717, 1.165) is 0 Å². The second-order valence-electron chi connectivity index (χ2n) is 4.72. The van der Waals surface area contributed by atoms with Gasteiger partial charge in [-0.3, -0.25) is 9.48 Å². The van der Waals surface area contributed by atoms with Crippen LogP contribution in [0, 0.1) is 0 Å². The van der Waals surface area contributed by atoms with Gasteiger partial charge in [-0.2, -0.15) is 5.10 Å². The van der Waals surface area contributed by atoms with Gasteiger partial charge in [0.05, 0.1) is 17.3 Å². The number of ether oxygens (including phenoxy) is 1. The number of halogens is 1. The first kappa shape index (κ1) is 13.0. The van der Waals surface area contributed by atoms with E-state index >= 15 is 0 Å². The monoisotopic (exact) mass is 291 g/mol. The van der Waals surface area contributed by atoms with E-state index in [-0.39, 0.29) is 18.6 Å². The maximum absolute atomic E-state index is 12.5. The van der Waals surface area contributed by atoms with Gasteiger partial charge in [-0.15, -0.1) is 0 Å². The normalized spacial score (nSPS) is 17.5. The highest BCUT2D eigenvalue weighted by Crippen LogP contribution is 2.39. The molecule has 0 radical (unpaired) electrons. The summed E-state index contributed by atoms with van der Waals surface area (Å²) in [6.45, 7) is 2.62. The number of rotatable bonds is 2. The highest BCUT2D eigenvalue weighted by Gasteiger charge is 2.29. The van der Waals surface area contributed by atoms with Crippen molar-refractivity contribution in [1.29, 1.82) is 0 Å². The average molecular weight is 292 g/mol. The molecular weight excluding hydrogens is 278 g/mol. The SMILES string of the molecule is CC1CN(C(=O)Cn2cccn2)c2cccc(Cl)c2O1. The Balaban J connectivity index is 1.90. The summed E-state index contributed by atoms with van der Waals surface area (Å²) in [7, 11) is 0. The summed E-state index contributed by atoms with van der Waals surface area (Å²) >= 11 is 6.14. The summed E-state index contributed by atoms with van der Waals surface area (Å²) in [6, 6.07) is 7.21. The fourth-order valence-electron chi connectivity index (χ4n) is 2.27. The highest BCUT2D eigenvalue weighted by molar-refractivity contribution is 6.32. The molecule has 0 N–H and O–H groups in total. The van der Waals surface area contributed by atoms with Crippen LogP contribution in [0.15, 0.2) is 36.7 Å². The number of carbonyl (C=O) groups excluding carboxylic acids is 1. The molecule has 6 heteroatoms. The van der Waals surface area contributed by atoms with Crippen LogP contribution in [0.2, 0.25) is 5.02 Å². The van der Waals surface area contributed by atoms with Crippen molar-refractivity contribution >= 4 is 23.2 Å². The van der Waals surface area contributed by atoms with E-state index in [0.29, 0.717) is 23.0 Å². The summed E-state index contributed by atoms with van der Waals surface area (Å²) in [5.74, 6) is 0.536. The van der Waals surface area contributed by atoms with Gasteiger partial charge in [-0.05, 0) is 25.1 Å². The van der Waals surface area contributed by atoms with Crippen LogP contribution in [0.1, 0.15) is 6.92 Å². The fourth-order valence-corrected chi connectivity index (χ4v) is 2.49. The molecule has 1 unspecified atom stereocenters. The molecule has 0 saturated carbocycles. The first-order valence-corrected chi connectivity index (χ1v) is 6.76. The van der Waals surface area contributed by atoms with Gasteiger partial charge in [0, 0.05) is 12.4 Å². The van der Waals surface area contributed by atoms with Gasteiger partial charge in [-0.1, -0.05) is 17.7 Å². The Morgan fingerprint density at radius 1 is 1.50 bits per heavy atom. The standard InChI is InChI=1S/C14H14ClN3O2/c1-10-8-18(13(19)9-17-7-3-6-16-17)12-5-2-4-11(15)14(12)20-10/h2-7,10H,8-9H2,1H3. The van der Waals surface area contributed by atoms with Crippen molar-refractivity contribution in [3.05, 3.63) is 41.7 Å². The van der Waals surface area contributed by atoms with Crippen LogP contribution >= 0.6 is 11.6 Å². The van der Waals surface area contributed by atoms with Crippen LogP contribution < -0.4 is 9.64 Å². The minimum atomic E-state index is -0.0935. The Kier molecular flexibility index (Phi) is 3.36. The zero-order valence-electron chi connectivity index (χ0n) is 11.0. The first-order valence-electron chi connectivity index (χ1n) is 6.38. The van der Waals surface area contributed by atoms with E-state index in [1.165, 1.54) is 0 Å². The lowest BCUT2D eigenvalue weighted by molar-refractivity contribution is -0.119. The Bertz CT molecular complexity index is 627. The molecule has 1 aliphatic heterocycles. The van der Waals surface area contributed by atoms with E-state index in [1.54, 1.807) is 34.1 Å². The summed E-state index contributed by atoms with van der Waals surface area (Å²) in [4.78, 5) is 14.2. The third-order valence-electron chi connectivity index (χ3n) is 3.15. The Morgan fingerprint density at radius 3 is 3.10 bits per heavy atom. The number of anilines is 1. The minimum absolute atomic E-state index is 0.0348. The number of carbonyl (C=O) groups is 1. The number of benzene rings is 1. The van der Waals surface area contributed by atoms with Crippen LogP contribution in [0.4, 0.5) is 5.69 Å². The molecule has 0 fully saturated rings. The maximum atomic E-state index is 12.5. The number of hydrogen-bond acceptors (Lipinski definition) is 3. The molecule has 1 amide bonds. The Morgan fingerprint density at radius 2 is 2.35 bits per heavy atom. The van der Waals surface area contributed by atoms with Gasteiger partial charge in [0.15, 0.2) is 5.75 Å². The number of hydrogen-bond donors (Lipinski definition) is 0. The second kappa shape index (κ2) is 5.17. The highest BCUT2D eigenvalue weighted by atomic mass is 35.5. The molecule has 2 heterocycles. The average Bonchev–Trinajstić information content (AvgIpc) is 2.92.